The number of carbonyl (C=O) groups excluding carboxylic acids is 1. The molecule has 0 radical (unpaired) electrons. The van der Waals surface area contributed by atoms with Gasteiger partial charge in [-0.05, 0) is 12.8 Å². The van der Waals surface area contributed by atoms with E-state index in [9.17, 15) is 4.79 Å². The van der Waals surface area contributed by atoms with E-state index in [1.165, 1.54) is 0 Å². The number of amides is 1. The van der Waals surface area contributed by atoms with Crippen molar-refractivity contribution in [2.24, 2.45) is 0 Å². The van der Waals surface area contributed by atoms with Gasteiger partial charge in [0.2, 0.25) is 5.91 Å². The van der Waals surface area contributed by atoms with Crippen LogP contribution in [-0.4, -0.2) is 66.0 Å². The zero-order valence-corrected chi connectivity index (χ0v) is 15.9. The largest absolute Gasteiger partial charge is 0.341 e. The zero-order valence-electron chi connectivity index (χ0n) is 13.5. The summed E-state index contributed by atoms with van der Waals surface area (Å²) >= 11 is 1.66. The molecular weight excluding hydrogens is 355 g/mol. The van der Waals surface area contributed by atoms with Gasteiger partial charge in [0.25, 0.3) is 0 Å². The zero-order chi connectivity index (χ0) is 14.7. The first-order chi connectivity index (χ1) is 10.3. The second-order valence-corrected chi connectivity index (χ2v) is 6.77. The first kappa shape index (κ1) is 20.6. The summed E-state index contributed by atoms with van der Waals surface area (Å²) in [5.74, 6) is 0.237. The van der Waals surface area contributed by atoms with Crippen molar-refractivity contribution in [3.63, 3.8) is 0 Å². The molecule has 1 N–H and O–H groups in total. The Labute approximate surface area is 154 Å². The lowest BCUT2D eigenvalue weighted by atomic mass is 10.2. The number of piperazine rings is 1. The van der Waals surface area contributed by atoms with Gasteiger partial charge in [0.15, 0.2) is 0 Å². The van der Waals surface area contributed by atoms with Crippen molar-refractivity contribution in [2.45, 2.75) is 32.2 Å². The lowest BCUT2D eigenvalue weighted by molar-refractivity contribution is -0.129. The number of carbonyl (C=O) groups is 1. The highest BCUT2D eigenvalue weighted by Crippen LogP contribution is 2.18. The number of nitrogens with one attached hydrogen (secondary N) is 1. The highest BCUT2D eigenvalue weighted by Gasteiger charge is 2.30. The third-order valence-electron chi connectivity index (χ3n) is 4.42. The van der Waals surface area contributed by atoms with Crippen molar-refractivity contribution in [3.8, 4) is 0 Å². The monoisotopic (exact) mass is 380 g/mol. The highest BCUT2D eigenvalue weighted by atomic mass is 35.5. The summed E-state index contributed by atoms with van der Waals surface area (Å²) < 4.78 is 0. The molecule has 2 aliphatic rings. The van der Waals surface area contributed by atoms with E-state index in [-0.39, 0.29) is 30.7 Å². The summed E-state index contributed by atoms with van der Waals surface area (Å²) in [6.45, 7) is 8.26. The Bertz CT molecular complexity index is 494. The lowest BCUT2D eigenvalue weighted by Gasteiger charge is -2.32. The Balaban J connectivity index is 0.00000132. The number of hydrogen-bond acceptors (Lipinski definition) is 5. The summed E-state index contributed by atoms with van der Waals surface area (Å²) in [6.07, 6.45) is 2.53. The Morgan fingerprint density at radius 3 is 2.74 bits per heavy atom. The second kappa shape index (κ2) is 9.79. The third kappa shape index (κ3) is 5.29. The number of likely N-dealkylation sites (tertiary alicyclic amines) is 1. The molecule has 0 aliphatic carbocycles. The minimum Gasteiger partial charge on any atom is -0.341 e. The van der Waals surface area contributed by atoms with Crippen LogP contribution in [0.15, 0.2) is 5.38 Å². The Kier molecular flexibility index (Phi) is 8.79. The molecule has 132 valence electrons. The Hall–Kier alpha value is -0.400. The Morgan fingerprint density at radius 1 is 1.35 bits per heavy atom. The van der Waals surface area contributed by atoms with E-state index in [0.29, 0.717) is 12.5 Å². The molecule has 1 unspecified atom stereocenters. The smallest absolute Gasteiger partial charge is 0.228 e. The molecule has 0 spiro atoms. The molecule has 2 saturated heterocycles. The number of aromatic nitrogens is 1. The predicted octanol–water partition coefficient (Wildman–Crippen LogP) is 1.60. The van der Waals surface area contributed by atoms with Gasteiger partial charge in [-0.3, -0.25) is 9.69 Å². The number of nitrogens with zero attached hydrogens (tertiary/aromatic N) is 3. The summed E-state index contributed by atoms with van der Waals surface area (Å²) in [7, 11) is 0. The maximum absolute atomic E-state index is 12.4. The molecule has 1 aromatic rings. The van der Waals surface area contributed by atoms with E-state index < -0.39 is 0 Å². The second-order valence-electron chi connectivity index (χ2n) is 5.83. The average molecular weight is 381 g/mol. The summed E-state index contributed by atoms with van der Waals surface area (Å²) in [6, 6.07) is 0.553. The van der Waals surface area contributed by atoms with Crippen LogP contribution in [-0.2, 0) is 17.6 Å². The first-order valence-corrected chi connectivity index (χ1v) is 8.80. The molecule has 1 amide bonds. The topological polar surface area (TPSA) is 48.5 Å². The Morgan fingerprint density at radius 2 is 2.09 bits per heavy atom. The maximum Gasteiger partial charge on any atom is 0.228 e. The van der Waals surface area contributed by atoms with Crippen molar-refractivity contribution in [2.75, 3.05) is 39.3 Å². The molecule has 3 heterocycles. The molecule has 0 aromatic carbocycles. The lowest BCUT2D eigenvalue weighted by Crippen LogP contribution is -2.49. The van der Waals surface area contributed by atoms with Gasteiger partial charge in [-0.25, -0.2) is 4.98 Å². The van der Waals surface area contributed by atoms with E-state index in [1.807, 2.05) is 10.3 Å². The first-order valence-electron chi connectivity index (χ1n) is 7.92. The molecule has 2 aliphatic heterocycles. The van der Waals surface area contributed by atoms with Gasteiger partial charge in [-0.2, -0.15) is 0 Å². The number of thiazole rings is 1. The van der Waals surface area contributed by atoms with Gasteiger partial charge in [-0.1, -0.05) is 6.92 Å². The molecule has 8 heteroatoms. The van der Waals surface area contributed by atoms with Crippen LogP contribution in [0.2, 0.25) is 0 Å². The molecule has 1 aromatic heterocycles. The van der Waals surface area contributed by atoms with Crippen LogP contribution in [0, 0.1) is 0 Å². The van der Waals surface area contributed by atoms with Crippen molar-refractivity contribution in [3.05, 3.63) is 16.1 Å². The van der Waals surface area contributed by atoms with E-state index in [4.69, 9.17) is 0 Å². The number of aryl methyl sites for hydroxylation is 1. The highest BCUT2D eigenvalue weighted by molar-refractivity contribution is 7.09. The van der Waals surface area contributed by atoms with Gasteiger partial charge in [0, 0.05) is 50.7 Å². The number of hydrogen-bond donors (Lipinski definition) is 1. The van der Waals surface area contributed by atoms with Crippen molar-refractivity contribution in [1.82, 2.24) is 20.1 Å². The number of halogens is 2. The van der Waals surface area contributed by atoms with Crippen molar-refractivity contribution >= 4 is 42.1 Å². The van der Waals surface area contributed by atoms with Crippen LogP contribution in [0.25, 0.3) is 0 Å². The fourth-order valence-corrected chi connectivity index (χ4v) is 3.92. The summed E-state index contributed by atoms with van der Waals surface area (Å²) in [5, 5.41) is 6.53. The predicted molar refractivity (Wildman–Crippen MR) is 99.1 cm³/mol. The van der Waals surface area contributed by atoms with E-state index in [0.717, 1.165) is 62.8 Å². The third-order valence-corrected chi connectivity index (χ3v) is 5.46. The molecule has 23 heavy (non-hydrogen) atoms. The van der Waals surface area contributed by atoms with Crippen LogP contribution < -0.4 is 5.32 Å². The van der Waals surface area contributed by atoms with Gasteiger partial charge in [0.1, 0.15) is 0 Å². The summed E-state index contributed by atoms with van der Waals surface area (Å²) in [4.78, 5) is 21.5. The van der Waals surface area contributed by atoms with E-state index in [1.54, 1.807) is 11.3 Å². The summed E-state index contributed by atoms with van der Waals surface area (Å²) in [5.41, 5.74) is 0.937. The van der Waals surface area contributed by atoms with Crippen LogP contribution in [0.3, 0.4) is 0 Å². The molecule has 0 bridgehead atoms. The molecule has 2 fully saturated rings. The quantitative estimate of drug-likeness (QED) is 0.861. The van der Waals surface area contributed by atoms with E-state index >= 15 is 0 Å². The van der Waals surface area contributed by atoms with Crippen LogP contribution in [0.5, 0.6) is 0 Å². The minimum atomic E-state index is 0. The minimum absolute atomic E-state index is 0. The van der Waals surface area contributed by atoms with Gasteiger partial charge < -0.3 is 10.2 Å². The fraction of sp³-hybridized carbons (Fsp3) is 0.733. The molecular formula is C15H26Cl2N4OS. The standard InChI is InChI=1S/C15H24N4OS.2ClH/c1-2-14-17-12(11-21-14)9-15(20)19-6-3-13(10-19)18-7-4-16-5-8-18;;/h11,13,16H,2-10H2,1H3;2*1H. The van der Waals surface area contributed by atoms with Gasteiger partial charge >= 0.3 is 0 Å². The molecule has 5 nitrogen and oxygen atoms in total. The van der Waals surface area contributed by atoms with Crippen molar-refractivity contribution in [1.29, 1.82) is 0 Å². The SMILES string of the molecule is CCc1nc(CC(=O)N2CCC(N3CCNCC3)C2)cs1.Cl.Cl. The van der Waals surface area contributed by atoms with Crippen molar-refractivity contribution < 1.29 is 4.79 Å². The normalized spacial score (nSPS) is 21.6. The van der Waals surface area contributed by atoms with Crippen LogP contribution >= 0.6 is 36.2 Å². The average Bonchev–Trinajstić information content (AvgIpc) is 3.17. The molecule has 1 atom stereocenters. The fourth-order valence-electron chi connectivity index (χ4n) is 3.17. The van der Waals surface area contributed by atoms with E-state index in [2.05, 4.69) is 22.1 Å². The maximum atomic E-state index is 12.4. The van der Waals surface area contributed by atoms with Crippen LogP contribution in [0.1, 0.15) is 24.0 Å². The van der Waals surface area contributed by atoms with Gasteiger partial charge in [-0.15, -0.1) is 36.2 Å². The van der Waals surface area contributed by atoms with Gasteiger partial charge in [0.05, 0.1) is 17.1 Å². The number of rotatable bonds is 4. The molecule has 0 saturated carbocycles. The van der Waals surface area contributed by atoms with Crippen LogP contribution in [0.4, 0.5) is 0 Å². The molecule has 3 rings (SSSR count).